The molecule has 3 aromatic heterocycles. The zero-order chi connectivity index (χ0) is 13.9. The Hall–Kier alpha value is -2.83. The highest BCUT2D eigenvalue weighted by molar-refractivity contribution is 5.93. The van der Waals surface area contributed by atoms with Crippen LogP contribution in [0.4, 0.5) is 4.79 Å². The van der Waals surface area contributed by atoms with Gasteiger partial charge in [-0.05, 0) is 17.7 Å². The predicted molar refractivity (Wildman–Crippen MR) is 73.4 cm³/mol. The summed E-state index contributed by atoms with van der Waals surface area (Å²) in [6.07, 6.45) is 4.90. The molecule has 0 unspecified atom stereocenters. The number of nitrogens with zero attached hydrogens (tertiary/aromatic N) is 2. The molecule has 7 nitrogen and oxygen atoms in total. The van der Waals surface area contributed by atoms with Gasteiger partial charge in [0.2, 0.25) is 0 Å². The van der Waals surface area contributed by atoms with Crippen molar-refractivity contribution in [2.45, 2.75) is 6.42 Å². The summed E-state index contributed by atoms with van der Waals surface area (Å²) in [6, 6.07) is 3.93. The van der Waals surface area contributed by atoms with E-state index in [0.29, 0.717) is 13.0 Å². The fraction of sp³-hybridized carbons (Fsp3) is 0.154. The Morgan fingerprint density at radius 1 is 1.45 bits per heavy atom. The van der Waals surface area contributed by atoms with Crippen LogP contribution >= 0.6 is 0 Å². The minimum atomic E-state index is -1.02. The Morgan fingerprint density at radius 2 is 2.35 bits per heavy atom. The summed E-state index contributed by atoms with van der Waals surface area (Å²) in [5, 5.41) is 18.6. The lowest BCUT2D eigenvalue weighted by Gasteiger charge is -1.97. The van der Waals surface area contributed by atoms with Gasteiger partial charge in [0.15, 0.2) is 0 Å². The molecule has 0 spiro atoms. The van der Waals surface area contributed by atoms with Gasteiger partial charge >= 0.3 is 6.09 Å². The molecule has 3 aromatic rings. The Bertz CT molecular complexity index is 732. The third-order valence-corrected chi connectivity index (χ3v) is 3.07. The lowest BCUT2D eigenvalue weighted by Crippen LogP contribution is -2.23. The summed E-state index contributed by atoms with van der Waals surface area (Å²) >= 11 is 0. The maximum Gasteiger partial charge on any atom is 0.404 e. The molecule has 0 atom stereocenters. The molecule has 0 saturated heterocycles. The molecule has 0 aliphatic heterocycles. The average Bonchev–Trinajstić information content (AvgIpc) is 3.06. The molecule has 0 fully saturated rings. The number of H-pyrrole nitrogens is 2. The standard InChI is InChI=1S/C13H13N5O2/c19-13(20)15-3-1-9-5-11-10(8-6-16-17-7-8)2-4-14-12(11)18-9/h2,4-7,15H,1,3H2,(H,14,18)(H,16,17)(H,19,20). The van der Waals surface area contributed by atoms with Crippen LogP contribution in [0.15, 0.2) is 30.7 Å². The second-order valence-electron chi connectivity index (χ2n) is 4.38. The van der Waals surface area contributed by atoms with Crippen LogP contribution in [0.1, 0.15) is 5.69 Å². The van der Waals surface area contributed by atoms with E-state index in [0.717, 1.165) is 27.9 Å². The first kappa shape index (κ1) is 12.2. The summed E-state index contributed by atoms with van der Waals surface area (Å²) < 4.78 is 0. The molecule has 1 amide bonds. The van der Waals surface area contributed by atoms with E-state index in [2.05, 4.69) is 25.5 Å². The van der Waals surface area contributed by atoms with Crippen LogP contribution in [0, 0.1) is 0 Å². The molecule has 0 saturated carbocycles. The van der Waals surface area contributed by atoms with E-state index in [9.17, 15) is 4.79 Å². The van der Waals surface area contributed by atoms with E-state index >= 15 is 0 Å². The molecule has 3 rings (SSSR count). The molecular weight excluding hydrogens is 258 g/mol. The fourth-order valence-electron chi connectivity index (χ4n) is 2.17. The molecule has 7 heteroatoms. The number of carboxylic acid groups (broad SMARTS) is 1. The summed E-state index contributed by atoms with van der Waals surface area (Å²) in [4.78, 5) is 17.9. The van der Waals surface area contributed by atoms with Gasteiger partial charge in [-0.1, -0.05) is 0 Å². The van der Waals surface area contributed by atoms with Crippen molar-refractivity contribution in [1.82, 2.24) is 25.5 Å². The van der Waals surface area contributed by atoms with Gasteiger partial charge in [0.05, 0.1) is 6.20 Å². The first-order valence-corrected chi connectivity index (χ1v) is 6.16. The second kappa shape index (κ2) is 5.04. The fourth-order valence-corrected chi connectivity index (χ4v) is 2.17. The molecule has 4 N–H and O–H groups in total. The second-order valence-corrected chi connectivity index (χ2v) is 4.38. The van der Waals surface area contributed by atoms with Crippen LogP contribution in [-0.2, 0) is 6.42 Å². The van der Waals surface area contributed by atoms with Crippen molar-refractivity contribution >= 4 is 17.1 Å². The Morgan fingerprint density at radius 3 is 3.10 bits per heavy atom. The molecular formula is C13H13N5O2. The molecule has 3 heterocycles. The Balaban J connectivity index is 1.91. The number of hydrogen-bond acceptors (Lipinski definition) is 3. The van der Waals surface area contributed by atoms with Crippen molar-refractivity contribution in [2.75, 3.05) is 6.54 Å². The van der Waals surface area contributed by atoms with Crippen molar-refractivity contribution in [3.05, 3.63) is 36.4 Å². The third-order valence-electron chi connectivity index (χ3n) is 3.07. The number of rotatable bonds is 4. The van der Waals surface area contributed by atoms with E-state index in [1.165, 1.54) is 0 Å². The Kier molecular flexibility index (Phi) is 3.08. The molecule has 0 radical (unpaired) electrons. The van der Waals surface area contributed by atoms with Gasteiger partial charge < -0.3 is 15.4 Å². The van der Waals surface area contributed by atoms with Gasteiger partial charge in [-0.2, -0.15) is 5.10 Å². The van der Waals surface area contributed by atoms with Gasteiger partial charge in [0.25, 0.3) is 0 Å². The number of nitrogens with one attached hydrogen (secondary N) is 3. The summed E-state index contributed by atoms with van der Waals surface area (Å²) in [5.74, 6) is 0. The van der Waals surface area contributed by atoms with E-state index < -0.39 is 6.09 Å². The first-order chi connectivity index (χ1) is 9.74. The molecule has 0 aromatic carbocycles. The zero-order valence-corrected chi connectivity index (χ0v) is 10.6. The van der Waals surface area contributed by atoms with Gasteiger partial charge in [0.1, 0.15) is 5.65 Å². The maximum atomic E-state index is 10.4. The SMILES string of the molecule is O=C(O)NCCc1cc2c(-c3cn[nH]c3)ccnc2[nH]1. The van der Waals surface area contributed by atoms with E-state index in [-0.39, 0.29) is 0 Å². The van der Waals surface area contributed by atoms with Gasteiger partial charge in [-0.15, -0.1) is 0 Å². The molecule has 0 aliphatic carbocycles. The number of amides is 1. The largest absolute Gasteiger partial charge is 0.465 e. The van der Waals surface area contributed by atoms with Gasteiger partial charge in [-0.25, -0.2) is 9.78 Å². The van der Waals surface area contributed by atoms with Gasteiger partial charge in [0, 0.05) is 42.0 Å². The third kappa shape index (κ3) is 2.33. The highest BCUT2D eigenvalue weighted by atomic mass is 16.4. The number of aromatic nitrogens is 4. The molecule has 0 bridgehead atoms. The van der Waals surface area contributed by atoms with Crippen LogP contribution in [0.2, 0.25) is 0 Å². The quantitative estimate of drug-likeness (QED) is 0.580. The smallest absolute Gasteiger partial charge is 0.404 e. The molecule has 0 aliphatic rings. The zero-order valence-electron chi connectivity index (χ0n) is 10.6. The monoisotopic (exact) mass is 271 g/mol. The average molecular weight is 271 g/mol. The number of carbonyl (C=O) groups is 1. The predicted octanol–water partition coefficient (Wildman–Crippen LogP) is 1.76. The van der Waals surface area contributed by atoms with Crippen molar-refractivity contribution < 1.29 is 9.90 Å². The van der Waals surface area contributed by atoms with Crippen LogP contribution in [0.5, 0.6) is 0 Å². The topological polar surface area (TPSA) is 107 Å². The normalized spacial score (nSPS) is 10.8. The lowest BCUT2D eigenvalue weighted by molar-refractivity contribution is 0.194. The molecule has 102 valence electrons. The van der Waals surface area contributed by atoms with Crippen molar-refractivity contribution in [2.24, 2.45) is 0 Å². The van der Waals surface area contributed by atoms with Gasteiger partial charge in [-0.3, -0.25) is 5.10 Å². The highest BCUT2D eigenvalue weighted by Gasteiger charge is 2.09. The van der Waals surface area contributed by atoms with Crippen molar-refractivity contribution in [3.63, 3.8) is 0 Å². The van der Waals surface area contributed by atoms with Crippen LogP contribution in [0.25, 0.3) is 22.2 Å². The van der Waals surface area contributed by atoms with E-state index in [1.807, 2.05) is 18.3 Å². The Labute approximate surface area is 114 Å². The highest BCUT2D eigenvalue weighted by Crippen LogP contribution is 2.27. The minimum Gasteiger partial charge on any atom is -0.465 e. The summed E-state index contributed by atoms with van der Waals surface area (Å²) in [7, 11) is 0. The van der Waals surface area contributed by atoms with Crippen molar-refractivity contribution in [3.8, 4) is 11.1 Å². The lowest BCUT2D eigenvalue weighted by atomic mass is 10.1. The number of fused-ring (bicyclic) bond motifs is 1. The number of aromatic amines is 2. The van der Waals surface area contributed by atoms with E-state index in [4.69, 9.17) is 5.11 Å². The first-order valence-electron chi connectivity index (χ1n) is 6.16. The summed E-state index contributed by atoms with van der Waals surface area (Å²) in [5.41, 5.74) is 3.76. The van der Waals surface area contributed by atoms with Crippen molar-refractivity contribution in [1.29, 1.82) is 0 Å². The maximum absolute atomic E-state index is 10.4. The minimum absolute atomic E-state index is 0.364. The number of pyridine rings is 1. The summed E-state index contributed by atoms with van der Waals surface area (Å²) in [6.45, 7) is 0.364. The molecule has 20 heavy (non-hydrogen) atoms. The van der Waals surface area contributed by atoms with Crippen LogP contribution < -0.4 is 5.32 Å². The number of hydrogen-bond donors (Lipinski definition) is 4. The van der Waals surface area contributed by atoms with Crippen LogP contribution in [-0.4, -0.2) is 37.9 Å². The van der Waals surface area contributed by atoms with E-state index in [1.54, 1.807) is 12.4 Å². The van der Waals surface area contributed by atoms with Crippen LogP contribution in [0.3, 0.4) is 0 Å².